The van der Waals surface area contributed by atoms with Crippen LogP contribution in [0, 0.1) is 20.8 Å². The normalized spacial score (nSPS) is 10.3. The fourth-order valence-electron chi connectivity index (χ4n) is 2.48. The van der Waals surface area contributed by atoms with Crippen LogP contribution in [0.4, 0.5) is 0 Å². The summed E-state index contributed by atoms with van der Waals surface area (Å²) in [5.74, 6) is -1.09. The fourth-order valence-corrected chi connectivity index (χ4v) is 2.48. The van der Waals surface area contributed by atoms with Crippen LogP contribution in [0.3, 0.4) is 0 Å². The van der Waals surface area contributed by atoms with Crippen LogP contribution in [0.5, 0.6) is 0 Å². The number of aryl methyl sites for hydroxylation is 3. The molecule has 0 saturated heterocycles. The predicted octanol–water partition coefficient (Wildman–Crippen LogP) is 2.34. The second kappa shape index (κ2) is 6.39. The number of Topliss-reactive ketones (excluding diaryl/α,β-unsaturated/α-hetero) is 1. The average Bonchev–Trinajstić information content (AvgIpc) is 2.44. The van der Waals surface area contributed by atoms with Crippen molar-refractivity contribution in [3.8, 4) is 0 Å². The molecule has 0 aliphatic heterocycles. The first-order chi connectivity index (χ1) is 10.4. The molecule has 1 N–H and O–H groups in total. The van der Waals surface area contributed by atoms with Gasteiger partial charge in [-0.05, 0) is 44.0 Å². The number of aromatic amines is 1. The molecule has 0 aliphatic rings. The number of H-pyrrole nitrogens is 1. The predicted molar refractivity (Wildman–Crippen MR) is 82.3 cm³/mol. The maximum atomic E-state index is 12.3. The van der Waals surface area contributed by atoms with Gasteiger partial charge in [-0.1, -0.05) is 17.7 Å². The van der Waals surface area contributed by atoms with E-state index in [1.165, 1.54) is 18.3 Å². The number of hydrogen-bond donors (Lipinski definition) is 1. The Morgan fingerprint density at radius 1 is 1.14 bits per heavy atom. The summed E-state index contributed by atoms with van der Waals surface area (Å²) < 4.78 is 4.96. The quantitative estimate of drug-likeness (QED) is 0.694. The number of pyridine rings is 1. The molecule has 0 atom stereocenters. The van der Waals surface area contributed by atoms with Crippen molar-refractivity contribution in [1.29, 1.82) is 0 Å². The van der Waals surface area contributed by atoms with E-state index >= 15 is 0 Å². The summed E-state index contributed by atoms with van der Waals surface area (Å²) in [6.07, 6.45) is 1.42. The lowest BCUT2D eigenvalue weighted by Gasteiger charge is -2.10. The van der Waals surface area contributed by atoms with Crippen LogP contribution in [0.2, 0.25) is 0 Å². The van der Waals surface area contributed by atoms with Gasteiger partial charge in [0.15, 0.2) is 6.61 Å². The zero-order chi connectivity index (χ0) is 16.3. The topological polar surface area (TPSA) is 76.2 Å². The van der Waals surface area contributed by atoms with Crippen LogP contribution >= 0.6 is 0 Å². The summed E-state index contributed by atoms with van der Waals surface area (Å²) in [5, 5.41) is 0. The number of aromatic nitrogens is 1. The Labute approximate surface area is 127 Å². The van der Waals surface area contributed by atoms with E-state index in [1.807, 2.05) is 32.9 Å². The van der Waals surface area contributed by atoms with E-state index in [0.29, 0.717) is 5.56 Å². The first-order valence-electron chi connectivity index (χ1n) is 6.86. The minimum Gasteiger partial charge on any atom is -0.454 e. The second-order valence-corrected chi connectivity index (χ2v) is 5.19. The molecule has 1 aromatic carbocycles. The van der Waals surface area contributed by atoms with Crippen molar-refractivity contribution in [3.05, 3.63) is 68.6 Å². The number of ketones is 1. The van der Waals surface area contributed by atoms with Crippen molar-refractivity contribution >= 4 is 11.8 Å². The van der Waals surface area contributed by atoms with Crippen molar-refractivity contribution in [2.24, 2.45) is 0 Å². The van der Waals surface area contributed by atoms with Crippen LogP contribution in [0.25, 0.3) is 0 Å². The van der Waals surface area contributed by atoms with Gasteiger partial charge in [0.2, 0.25) is 5.78 Å². The van der Waals surface area contributed by atoms with Gasteiger partial charge in [0.25, 0.3) is 5.56 Å². The van der Waals surface area contributed by atoms with E-state index in [2.05, 4.69) is 4.98 Å². The Morgan fingerprint density at radius 3 is 2.36 bits per heavy atom. The van der Waals surface area contributed by atoms with Gasteiger partial charge in [-0.15, -0.1) is 0 Å². The van der Waals surface area contributed by atoms with E-state index in [1.54, 1.807) is 0 Å². The van der Waals surface area contributed by atoms with Gasteiger partial charge in [0, 0.05) is 11.8 Å². The van der Waals surface area contributed by atoms with E-state index < -0.39 is 18.1 Å². The monoisotopic (exact) mass is 299 g/mol. The molecule has 0 fully saturated rings. The number of benzene rings is 1. The Balaban J connectivity index is 2.13. The average molecular weight is 299 g/mol. The first kappa shape index (κ1) is 15.7. The number of ether oxygens (including phenoxy) is 1. The molecule has 0 saturated carbocycles. The van der Waals surface area contributed by atoms with Crippen molar-refractivity contribution in [3.63, 3.8) is 0 Å². The number of hydrogen-bond acceptors (Lipinski definition) is 4. The number of carbonyl (C=O) groups is 2. The van der Waals surface area contributed by atoms with Crippen LogP contribution < -0.4 is 5.56 Å². The van der Waals surface area contributed by atoms with Gasteiger partial charge in [-0.2, -0.15) is 0 Å². The molecule has 0 amide bonds. The highest BCUT2D eigenvalue weighted by Gasteiger charge is 2.17. The Hall–Kier alpha value is -2.69. The molecule has 2 rings (SSSR count). The van der Waals surface area contributed by atoms with E-state index in [0.717, 1.165) is 16.7 Å². The van der Waals surface area contributed by atoms with E-state index in [4.69, 9.17) is 4.74 Å². The van der Waals surface area contributed by atoms with Crippen molar-refractivity contribution in [2.75, 3.05) is 6.61 Å². The second-order valence-electron chi connectivity index (χ2n) is 5.19. The lowest BCUT2D eigenvalue weighted by Crippen LogP contribution is -2.22. The molecular weight excluding hydrogens is 282 g/mol. The molecule has 22 heavy (non-hydrogen) atoms. The minimum absolute atomic E-state index is 0.118. The maximum Gasteiger partial charge on any atom is 0.344 e. The molecule has 5 heteroatoms. The molecule has 1 heterocycles. The summed E-state index contributed by atoms with van der Waals surface area (Å²) in [4.78, 5) is 37.9. The summed E-state index contributed by atoms with van der Waals surface area (Å²) in [7, 11) is 0. The zero-order valence-corrected chi connectivity index (χ0v) is 12.7. The van der Waals surface area contributed by atoms with E-state index in [9.17, 15) is 14.4 Å². The highest BCUT2D eigenvalue weighted by atomic mass is 16.5. The number of carbonyl (C=O) groups excluding carboxylic acids is 2. The SMILES string of the molecule is Cc1cc(C)c(C(=O)COC(=O)c2ccc[nH]c2=O)c(C)c1. The lowest BCUT2D eigenvalue weighted by molar-refractivity contribution is 0.0472. The molecule has 1 aromatic heterocycles. The summed E-state index contributed by atoms with van der Waals surface area (Å²) in [6, 6.07) is 6.69. The lowest BCUT2D eigenvalue weighted by atomic mass is 9.97. The molecule has 5 nitrogen and oxygen atoms in total. The van der Waals surface area contributed by atoms with Gasteiger partial charge < -0.3 is 9.72 Å². The van der Waals surface area contributed by atoms with Gasteiger partial charge in [-0.3, -0.25) is 9.59 Å². The Kier molecular flexibility index (Phi) is 4.56. The molecule has 114 valence electrons. The number of esters is 1. The minimum atomic E-state index is -0.808. The van der Waals surface area contributed by atoms with Gasteiger partial charge >= 0.3 is 5.97 Å². The highest BCUT2D eigenvalue weighted by Crippen LogP contribution is 2.17. The number of nitrogens with one attached hydrogen (secondary N) is 1. The van der Waals surface area contributed by atoms with Crippen molar-refractivity contribution < 1.29 is 14.3 Å². The number of rotatable bonds is 4. The standard InChI is InChI=1S/C17H17NO4/c1-10-7-11(2)15(12(3)8-10)14(19)9-22-17(21)13-5-4-6-18-16(13)20/h4-8H,9H2,1-3H3,(H,18,20). The summed E-state index contributed by atoms with van der Waals surface area (Å²) >= 11 is 0. The third kappa shape index (κ3) is 3.31. The summed E-state index contributed by atoms with van der Waals surface area (Å²) in [6.45, 7) is 5.25. The third-order valence-corrected chi connectivity index (χ3v) is 3.33. The molecule has 2 aromatic rings. The smallest absolute Gasteiger partial charge is 0.344 e. The van der Waals surface area contributed by atoms with Crippen LogP contribution in [0.1, 0.15) is 37.4 Å². The molecule has 0 bridgehead atoms. The van der Waals surface area contributed by atoms with Crippen LogP contribution in [0.15, 0.2) is 35.3 Å². The third-order valence-electron chi connectivity index (χ3n) is 3.33. The maximum absolute atomic E-state index is 12.3. The molecule has 0 radical (unpaired) electrons. The Morgan fingerprint density at radius 2 is 1.77 bits per heavy atom. The van der Waals surface area contributed by atoms with Gasteiger partial charge in [0.05, 0.1) is 0 Å². The fraction of sp³-hybridized carbons (Fsp3) is 0.235. The van der Waals surface area contributed by atoms with Crippen molar-refractivity contribution in [1.82, 2.24) is 4.98 Å². The Bertz CT molecular complexity index is 766. The zero-order valence-electron chi connectivity index (χ0n) is 12.7. The molecule has 0 unspecified atom stereocenters. The van der Waals surface area contributed by atoms with Gasteiger partial charge in [-0.25, -0.2) is 4.79 Å². The molecular formula is C17H17NO4. The molecule has 0 spiro atoms. The largest absolute Gasteiger partial charge is 0.454 e. The van der Waals surface area contributed by atoms with Gasteiger partial charge in [0.1, 0.15) is 5.56 Å². The summed E-state index contributed by atoms with van der Waals surface area (Å²) in [5.41, 5.74) is 2.65. The first-order valence-corrected chi connectivity index (χ1v) is 6.86. The van der Waals surface area contributed by atoms with Crippen LogP contribution in [-0.2, 0) is 4.74 Å². The van der Waals surface area contributed by atoms with E-state index in [-0.39, 0.29) is 11.3 Å². The van der Waals surface area contributed by atoms with Crippen molar-refractivity contribution in [2.45, 2.75) is 20.8 Å². The van der Waals surface area contributed by atoms with Crippen LogP contribution in [-0.4, -0.2) is 23.3 Å². The molecule has 0 aliphatic carbocycles. The highest BCUT2D eigenvalue weighted by molar-refractivity contribution is 6.01.